The average molecular weight is 254 g/mol. The van der Waals surface area contributed by atoms with Gasteiger partial charge in [0, 0.05) is 0 Å². The van der Waals surface area contributed by atoms with E-state index in [1.807, 2.05) is 19.1 Å². The molecule has 0 saturated carbocycles. The highest BCUT2D eigenvalue weighted by atomic mass is 16.6. The van der Waals surface area contributed by atoms with Gasteiger partial charge in [0.05, 0.1) is 13.2 Å². The molecule has 100 valence electrons. The first-order chi connectivity index (χ1) is 8.55. The van der Waals surface area contributed by atoms with Gasteiger partial charge in [0.25, 0.3) is 0 Å². The Labute approximate surface area is 105 Å². The Kier molecular flexibility index (Phi) is 3.70. The van der Waals surface area contributed by atoms with Crippen molar-refractivity contribution in [1.82, 2.24) is 0 Å². The lowest BCUT2D eigenvalue weighted by atomic mass is 9.87. The van der Waals surface area contributed by atoms with E-state index >= 15 is 0 Å². The van der Waals surface area contributed by atoms with Crippen LogP contribution in [-0.4, -0.2) is 52.0 Å². The molecule has 1 saturated heterocycles. The summed E-state index contributed by atoms with van der Waals surface area (Å²) in [5.41, 5.74) is 0.247. The van der Waals surface area contributed by atoms with Crippen LogP contribution in [0.1, 0.15) is 11.1 Å². The summed E-state index contributed by atoms with van der Waals surface area (Å²) in [7, 11) is 0. The molecule has 1 aliphatic rings. The van der Waals surface area contributed by atoms with Gasteiger partial charge in [-0.2, -0.15) is 0 Å². The van der Waals surface area contributed by atoms with Gasteiger partial charge in [-0.1, -0.05) is 29.8 Å². The molecule has 0 aliphatic carbocycles. The third kappa shape index (κ3) is 1.94. The van der Waals surface area contributed by atoms with Crippen LogP contribution in [0.3, 0.4) is 0 Å². The number of aliphatic hydroxyl groups is 4. The van der Waals surface area contributed by atoms with Crippen molar-refractivity contribution in [3.63, 3.8) is 0 Å². The second-order valence-corrected chi connectivity index (χ2v) is 4.69. The molecule has 1 aromatic rings. The minimum absolute atomic E-state index is 0.411. The predicted molar refractivity (Wildman–Crippen MR) is 63.9 cm³/mol. The first-order valence-electron chi connectivity index (χ1n) is 5.88. The normalized spacial score (nSPS) is 35.9. The van der Waals surface area contributed by atoms with E-state index in [9.17, 15) is 15.3 Å². The fraction of sp³-hybridized carbons (Fsp3) is 0.538. The number of rotatable bonds is 3. The van der Waals surface area contributed by atoms with E-state index < -0.39 is 37.1 Å². The van der Waals surface area contributed by atoms with Crippen LogP contribution < -0.4 is 0 Å². The third-order valence-corrected chi connectivity index (χ3v) is 3.50. The maximum atomic E-state index is 10.1. The van der Waals surface area contributed by atoms with E-state index in [2.05, 4.69) is 0 Å². The molecule has 0 radical (unpaired) electrons. The summed E-state index contributed by atoms with van der Waals surface area (Å²) in [5.74, 6) is 0. The first kappa shape index (κ1) is 13.5. The fourth-order valence-electron chi connectivity index (χ4n) is 2.33. The Morgan fingerprint density at radius 3 is 2.22 bits per heavy atom. The summed E-state index contributed by atoms with van der Waals surface area (Å²) in [6.07, 6.45) is -3.39. The van der Waals surface area contributed by atoms with Gasteiger partial charge in [-0.15, -0.1) is 0 Å². The highest BCUT2D eigenvalue weighted by Gasteiger charge is 2.54. The van der Waals surface area contributed by atoms with Gasteiger partial charge in [-0.05, 0) is 12.5 Å². The van der Waals surface area contributed by atoms with Crippen molar-refractivity contribution in [2.24, 2.45) is 0 Å². The van der Waals surface area contributed by atoms with Gasteiger partial charge in [0.1, 0.15) is 23.9 Å². The minimum atomic E-state index is -1.37. The monoisotopic (exact) mass is 254 g/mol. The van der Waals surface area contributed by atoms with Crippen LogP contribution in [0, 0.1) is 6.92 Å². The van der Waals surface area contributed by atoms with Gasteiger partial charge in [-0.25, -0.2) is 0 Å². The number of aryl methyl sites for hydroxylation is 1. The molecule has 1 heterocycles. The average Bonchev–Trinajstić information content (AvgIpc) is 2.64. The molecule has 1 aromatic carbocycles. The number of aliphatic hydroxyl groups excluding tert-OH is 4. The molecular formula is C13H18O5. The number of ether oxygens (including phenoxy) is 1. The lowest BCUT2D eigenvalue weighted by Gasteiger charge is -2.30. The molecule has 2 rings (SSSR count). The van der Waals surface area contributed by atoms with Crippen LogP contribution in [0.15, 0.2) is 24.3 Å². The molecule has 4 atom stereocenters. The Balaban J connectivity index is 2.40. The Hall–Kier alpha value is -0.980. The zero-order valence-corrected chi connectivity index (χ0v) is 10.2. The molecule has 0 bridgehead atoms. The predicted octanol–water partition coefficient (Wildman–Crippen LogP) is -0.704. The molecule has 5 heteroatoms. The van der Waals surface area contributed by atoms with Crippen molar-refractivity contribution in [2.75, 3.05) is 13.2 Å². The van der Waals surface area contributed by atoms with E-state index in [0.717, 1.165) is 5.56 Å². The molecule has 18 heavy (non-hydrogen) atoms. The van der Waals surface area contributed by atoms with Crippen LogP contribution >= 0.6 is 0 Å². The van der Waals surface area contributed by atoms with Gasteiger partial charge < -0.3 is 25.2 Å². The largest absolute Gasteiger partial charge is 0.394 e. The van der Waals surface area contributed by atoms with E-state index in [1.54, 1.807) is 12.1 Å². The van der Waals surface area contributed by atoms with Gasteiger partial charge in [0.15, 0.2) is 0 Å². The van der Waals surface area contributed by atoms with Crippen LogP contribution in [0.2, 0.25) is 0 Å². The SMILES string of the molecule is Cc1ccc(C2(CO)OC(CO)C(O)C2O)cc1. The standard InChI is InChI=1S/C13H18O5/c1-8-2-4-9(5-3-8)13(7-15)12(17)11(16)10(6-14)18-13/h2-5,10-12,14-17H,6-7H2,1H3. The summed E-state index contributed by atoms with van der Waals surface area (Å²) >= 11 is 0. The maximum Gasteiger partial charge on any atom is 0.145 e. The molecule has 4 unspecified atom stereocenters. The van der Waals surface area contributed by atoms with Crippen molar-refractivity contribution in [1.29, 1.82) is 0 Å². The summed E-state index contributed by atoms with van der Waals surface area (Å²) in [5, 5.41) is 38.5. The van der Waals surface area contributed by atoms with Crippen molar-refractivity contribution in [3.05, 3.63) is 35.4 Å². The number of benzene rings is 1. The van der Waals surface area contributed by atoms with E-state index in [1.165, 1.54) is 0 Å². The van der Waals surface area contributed by atoms with Gasteiger partial charge in [0.2, 0.25) is 0 Å². The lowest BCUT2D eigenvalue weighted by Crippen LogP contribution is -2.43. The first-order valence-corrected chi connectivity index (χ1v) is 5.88. The fourth-order valence-corrected chi connectivity index (χ4v) is 2.33. The third-order valence-electron chi connectivity index (χ3n) is 3.50. The molecular weight excluding hydrogens is 236 g/mol. The van der Waals surface area contributed by atoms with Gasteiger partial charge in [-0.3, -0.25) is 0 Å². The van der Waals surface area contributed by atoms with Crippen molar-refractivity contribution < 1.29 is 25.2 Å². The minimum Gasteiger partial charge on any atom is -0.394 e. The van der Waals surface area contributed by atoms with E-state index in [-0.39, 0.29) is 0 Å². The van der Waals surface area contributed by atoms with E-state index in [0.29, 0.717) is 5.56 Å². The second kappa shape index (κ2) is 4.95. The van der Waals surface area contributed by atoms with Crippen LogP contribution in [0.4, 0.5) is 0 Å². The van der Waals surface area contributed by atoms with Crippen LogP contribution in [0.25, 0.3) is 0 Å². The molecule has 0 amide bonds. The molecule has 1 fully saturated rings. The number of hydrogen-bond acceptors (Lipinski definition) is 5. The van der Waals surface area contributed by atoms with Crippen LogP contribution in [-0.2, 0) is 10.3 Å². The van der Waals surface area contributed by atoms with Gasteiger partial charge >= 0.3 is 0 Å². The summed E-state index contributed by atoms with van der Waals surface area (Å²) in [6, 6.07) is 7.14. The Bertz CT molecular complexity index is 404. The van der Waals surface area contributed by atoms with Crippen LogP contribution in [0.5, 0.6) is 0 Å². The molecule has 4 N–H and O–H groups in total. The maximum absolute atomic E-state index is 10.1. The molecule has 0 spiro atoms. The van der Waals surface area contributed by atoms with E-state index in [4.69, 9.17) is 9.84 Å². The summed E-state index contributed by atoms with van der Waals surface area (Å²) in [6.45, 7) is 1.04. The number of hydrogen-bond donors (Lipinski definition) is 4. The highest BCUT2D eigenvalue weighted by molar-refractivity contribution is 5.30. The molecule has 0 aromatic heterocycles. The van der Waals surface area contributed by atoms with Crippen molar-refractivity contribution in [2.45, 2.75) is 30.8 Å². The van der Waals surface area contributed by atoms with Crippen molar-refractivity contribution in [3.8, 4) is 0 Å². The topological polar surface area (TPSA) is 90.2 Å². The Morgan fingerprint density at radius 2 is 1.78 bits per heavy atom. The zero-order valence-electron chi connectivity index (χ0n) is 10.2. The Morgan fingerprint density at radius 1 is 1.17 bits per heavy atom. The summed E-state index contributed by atoms with van der Waals surface area (Å²) in [4.78, 5) is 0. The highest BCUT2D eigenvalue weighted by Crippen LogP contribution is 2.39. The molecule has 5 nitrogen and oxygen atoms in total. The smallest absolute Gasteiger partial charge is 0.145 e. The summed E-state index contributed by atoms with van der Waals surface area (Å²) < 4.78 is 5.50. The zero-order chi connectivity index (χ0) is 13.3. The van der Waals surface area contributed by atoms with Crippen molar-refractivity contribution >= 4 is 0 Å². The quantitative estimate of drug-likeness (QED) is 0.572. The lowest BCUT2D eigenvalue weighted by molar-refractivity contribution is -0.124. The second-order valence-electron chi connectivity index (χ2n) is 4.69. The molecule has 1 aliphatic heterocycles.